The molecule has 1 aromatic rings. The lowest BCUT2D eigenvalue weighted by molar-refractivity contribution is 0.200. The third kappa shape index (κ3) is 4.44. The number of aliphatic hydroxyl groups is 1. The monoisotopic (exact) mass is 239 g/mol. The predicted octanol–water partition coefficient (Wildman–Crippen LogP) is 2.36. The fourth-order valence-electron chi connectivity index (χ4n) is 1.87. The van der Waals surface area contributed by atoms with Gasteiger partial charge in [-0.05, 0) is 30.9 Å². The molecule has 0 amide bonds. The molecule has 0 aliphatic rings. The lowest BCUT2D eigenvalue weighted by atomic mass is 10.0. The Kier molecular flexibility index (Phi) is 5.59. The third-order valence-electron chi connectivity index (χ3n) is 2.98. The molecule has 1 aromatic carbocycles. The van der Waals surface area contributed by atoms with Gasteiger partial charge in [0.1, 0.15) is 5.82 Å². The maximum absolute atomic E-state index is 13.5. The lowest BCUT2D eigenvalue weighted by Gasteiger charge is -2.24. The van der Waals surface area contributed by atoms with Crippen molar-refractivity contribution in [3.05, 3.63) is 35.6 Å². The van der Waals surface area contributed by atoms with Crippen LogP contribution < -0.4 is 5.32 Å². The van der Waals surface area contributed by atoms with Gasteiger partial charge in [-0.15, -0.1) is 0 Å². The third-order valence-corrected chi connectivity index (χ3v) is 2.98. The summed E-state index contributed by atoms with van der Waals surface area (Å²) in [6, 6.07) is 7.03. The number of halogens is 1. The molecule has 3 heteroatoms. The molecular weight excluding hydrogens is 217 g/mol. The number of hydrogen-bond donors (Lipinski definition) is 2. The van der Waals surface area contributed by atoms with Crippen molar-refractivity contribution >= 4 is 0 Å². The molecule has 2 nitrogen and oxygen atoms in total. The SMILES string of the molecule is CC(Cc1ccccc1F)NC(CO)C(C)C. The fourth-order valence-corrected chi connectivity index (χ4v) is 1.87. The molecule has 0 saturated carbocycles. The van der Waals surface area contributed by atoms with E-state index in [1.54, 1.807) is 12.1 Å². The van der Waals surface area contributed by atoms with E-state index in [1.165, 1.54) is 6.07 Å². The van der Waals surface area contributed by atoms with E-state index in [-0.39, 0.29) is 24.5 Å². The maximum Gasteiger partial charge on any atom is 0.126 e. The van der Waals surface area contributed by atoms with Crippen LogP contribution in [0.15, 0.2) is 24.3 Å². The molecule has 2 N–H and O–H groups in total. The van der Waals surface area contributed by atoms with E-state index in [2.05, 4.69) is 19.2 Å². The number of aliphatic hydroxyl groups excluding tert-OH is 1. The van der Waals surface area contributed by atoms with Gasteiger partial charge in [-0.1, -0.05) is 32.0 Å². The standard InChI is InChI=1S/C14H22FNO/c1-10(2)14(9-17)16-11(3)8-12-6-4-5-7-13(12)15/h4-7,10-11,14,16-17H,8-9H2,1-3H3. The summed E-state index contributed by atoms with van der Waals surface area (Å²) in [5.74, 6) is 0.203. The second-order valence-electron chi connectivity index (χ2n) is 4.90. The topological polar surface area (TPSA) is 32.3 Å². The van der Waals surface area contributed by atoms with Gasteiger partial charge in [-0.2, -0.15) is 0 Å². The quantitative estimate of drug-likeness (QED) is 0.798. The predicted molar refractivity (Wildman–Crippen MR) is 68.4 cm³/mol. The van der Waals surface area contributed by atoms with Gasteiger partial charge in [0.25, 0.3) is 0 Å². The fraction of sp³-hybridized carbons (Fsp3) is 0.571. The Morgan fingerprint density at radius 2 is 1.88 bits per heavy atom. The highest BCUT2D eigenvalue weighted by Crippen LogP contribution is 2.10. The summed E-state index contributed by atoms with van der Waals surface area (Å²) in [7, 11) is 0. The Morgan fingerprint density at radius 3 is 2.41 bits per heavy atom. The van der Waals surface area contributed by atoms with Crippen molar-refractivity contribution < 1.29 is 9.50 Å². The van der Waals surface area contributed by atoms with Crippen molar-refractivity contribution in [2.75, 3.05) is 6.61 Å². The molecule has 0 aliphatic carbocycles. The highest BCUT2D eigenvalue weighted by atomic mass is 19.1. The second-order valence-corrected chi connectivity index (χ2v) is 4.90. The lowest BCUT2D eigenvalue weighted by Crippen LogP contribution is -2.43. The summed E-state index contributed by atoms with van der Waals surface area (Å²) >= 11 is 0. The summed E-state index contributed by atoms with van der Waals surface area (Å²) < 4.78 is 13.5. The van der Waals surface area contributed by atoms with E-state index in [0.717, 1.165) is 0 Å². The van der Waals surface area contributed by atoms with Crippen LogP contribution in [0.5, 0.6) is 0 Å². The van der Waals surface area contributed by atoms with Gasteiger partial charge in [0.05, 0.1) is 6.61 Å². The molecule has 2 atom stereocenters. The zero-order chi connectivity index (χ0) is 12.8. The highest BCUT2D eigenvalue weighted by molar-refractivity contribution is 5.18. The summed E-state index contributed by atoms with van der Waals surface area (Å²) in [4.78, 5) is 0. The van der Waals surface area contributed by atoms with Crippen LogP contribution in [0.25, 0.3) is 0 Å². The van der Waals surface area contributed by atoms with E-state index in [1.807, 2.05) is 13.0 Å². The molecule has 0 aromatic heterocycles. The first-order valence-corrected chi connectivity index (χ1v) is 6.15. The van der Waals surface area contributed by atoms with Crippen molar-refractivity contribution in [3.63, 3.8) is 0 Å². The van der Waals surface area contributed by atoms with E-state index in [9.17, 15) is 9.50 Å². The van der Waals surface area contributed by atoms with E-state index < -0.39 is 0 Å². The minimum Gasteiger partial charge on any atom is -0.395 e. The summed E-state index contributed by atoms with van der Waals surface area (Å²) in [5.41, 5.74) is 0.716. The molecule has 1 rings (SSSR count). The van der Waals surface area contributed by atoms with Gasteiger partial charge >= 0.3 is 0 Å². The second kappa shape index (κ2) is 6.72. The van der Waals surface area contributed by atoms with Crippen LogP contribution in [0, 0.1) is 11.7 Å². The maximum atomic E-state index is 13.5. The first kappa shape index (κ1) is 14.1. The van der Waals surface area contributed by atoms with Gasteiger partial charge in [0, 0.05) is 12.1 Å². The Bertz CT molecular complexity index is 341. The first-order valence-electron chi connectivity index (χ1n) is 6.15. The molecule has 0 fully saturated rings. The average molecular weight is 239 g/mol. The number of hydrogen-bond acceptors (Lipinski definition) is 2. The minimum absolute atomic E-state index is 0.0665. The molecule has 96 valence electrons. The molecule has 0 heterocycles. The zero-order valence-corrected chi connectivity index (χ0v) is 10.8. The van der Waals surface area contributed by atoms with Crippen molar-refractivity contribution in [1.82, 2.24) is 5.32 Å². The molecular formula is C14H22FNO. The van der Waals surface area contributed by atoms with Crippen molar-refractivity contribution in [2.24, 2.45) is 5.92 Å². The van der Waals surface area contributed by atoms with Crippen LogP contribution in [0.2, 0.25) is 0 Å². The normalized spacial score (nSPS) is 14.9. The van der Waals surface area contributed by atoms with Gasteiger partial charge < -0.3 is 10.4 Å². The zero-order valence-electron chi connectivity index (χ0n) is 10.8. The minimum atomic E-state index is -0.161. The van der Waals surface area contributed by atoms with Crippen LogP contribution in [-0.2, 0) is 6.42 Å². The molecule has 2 unspecified atom stereocenters. The number of benzene rings is 1. The Hall–Kier alpha value is -0.930. The van der Waals surface area contributed by atoms with Crippen LogP contribution >= 0.6 is 0 Å². The molecule has 0 spiro atoms. The molecule has 0 saturated heterocycles. The molecule has 0 radical (unpaired) electrons. The Morgan fingerprint density at radius 1 is 1.24 bits per heavy atom. The molecule has 0 bridgehead atoms. The van der Waals surface area contributed by atoms with Gasteiger partial charge in [-0.25, -0.2) is 4.39 Å². The Labute approximate surface area is 103 Å². The number of nitrogens with one attached hydrogen (secondary N) is 1. The van der Waals surface area contributed by atoms with Crippen LogP contribution in [0.1, 0.15) is 26.3 Å². The average Bonchev–Trinajstić information content (AvgIpc) is 2.28. The van der Waals surface area contributed by atoms with Crippen molar-refractivity contribution in [1.29, 1.82) is 0 Å². The van der Waals surface area contributed by atoms with Gasteiger partial charge in [0.15, 0.2) is 0 Å². The Balaban J connectivity index is 2.55. The molecule has 0 aliphatic heterocycles. The van der Waals surface area contributed by atoms with Crippen LogP contribution in [0.3, 0.4) is 0 Å². The summed E-state index contributed by atoms with van der Waals surface area (Å²) in [6.45, 7) is 6.24. The van der Waals surface area contributed by atoms with Crippen LogP contribution in [0.4, 0.5) is 4.39 Å². The van der Waals surface area contributed by atoms with Gasteiger partial charge in [-0.3, -0.25) is 0 Å². The van der Waals surface area contributed by atoms with E-state index in [4.69, 9.17) is 0 Å². The van der Waals surface area contributed by atoms with Crippen LogP contribution in [-0.4, -0.2) is 23.8 Å². The summed E-state index contributed by atoms with van der Waals surface area (Å²) in [5, 5.41) is 12.6. The smallest absolute Gasteiger partial charge is 0.126 e. The molecule has 17 heavy (non-hydrogen) atoms. The van der Waals surface area contributed by atoms with E-state index >= 15 is 0 Å². The van der Waals surface area contributed by atoms with E-state index in [0.29, 0.717) is 17.9 Å². The highest BCUT2D eigenvalue weighted by Gasteiger charge is 2.15. The first-order chi connectivity index (χ1) is 8.04. The number of rotatable bonds is 6. The van der Waals surface area contributed by atoms with Crippen molar-refractivity contribution in [2.45, 2.75) is 39.3 Å². The summed E-state index contributed by atoms with van der Waals surface area (Å²) in [6.07, 6.45) is 0.635. The largest absolute Gasteiger partial charge is 0.395 e. The van der Waals surface area contributed by atoms with Gasteiger partial charge in [0.2, 0.25) is 0 Å². The van der Waals surface area contributed by atoms with Crippen molar-refractivity contribution in [3.8, 4) is 0 Å².